The van der Waals surface area contributed by atoms with Crippen LogP contribution in [0.3, 0.4) is 0 Å². The number of hydrogen-bond acceptors (Lipinski definition) is 4. The summed E-state index contributed by atoms with van der Waals surface area (Å²) in [5, 5.41) is 3.19. The van der Waals surface area contributed by atoms with E-state index < -0.39 is 12.5 Å². The summed E-state index contributed by atoms with van der Waals surface area (Å²) in [7, 11) is 0. The van der Waals surface area contributed by atoms with Gasteiger partial charge in [-0.15, -0.1) is 13.2 Å². The zero-order valence-corrected chi connectivity index (χ0v) is 15.3. The van der Waals surface area contributed by atoms with E-state index in [1.54, 1.807) is 23.2 Å². The molecule has 1 amide bonds. The predicted molar refractivity (Wildman–Crippen MR) is 102 cm³/mol. The van der Waals surface area contributed by atoms with Gasteiger partial charge in [-0.2, -0.15) is 0 Å². The minimum absolute atomic E-state index is 0.202. The number of nitrogens with zero attached hydrogens (tertiary/aromatic N) is 2. The number of hydrogen-bond donors (Lipinski definition) is 1. The number of carbonyl (C=O) groups excluding carboxylic acids is 1. The second-order valence-corrected chi connectivity index (χ2v) is 6.57. The third-order valence-corrected chi connectivity index (χ3v) is 4.51. The van der Waals surface area contributed by atoms with Crippen LogP contribution in [0.2, 0.25) is 0 Å². The minimum Gasteiger partial charge on any atom is -0.406 e. The molecule has 148 valence electrons. The van der Waals surface area contributed by atoms with Gasteiger partial charge in [-0.3, -0.25) is 14.7 Å². The van der Waals surface area contributed by atoms with Crippen LogP contribution in [-0.2, 0) is 0 Å². The zero-order chi connectivity index (χ0) is 20.6. The van der Waals surface area contributed by atoms with Gasteiger partial charge in [-0.05, 0) is 55.5 Å². The van der Waals surface area contributed by atoms with Crippen LogP contribution in [0.1, 0.15) is 27.8 Å². The SMILES string of the molecule is Cc1ccc(N2C(=O)c3cccnc3[C@H]2Nc2ccc(OC(F)(F)F)cc2)cc1. The number of rotatable bonds is 4. The number of aromatic nitrogens is 1. The molecular weight excluding hydrogens is 383 g/mol. The maximum atomic E-state index is 13.0. The molecule has 4 rings (SSSR count). The van der Waals surface area contributed by atoms with Crippen molar-refractivity contribution in [2.24, 2.45) is 0 Å². The fourth-order valence-corrected chi connectivity index (χ4v) is 3.20. The van der Waals surface area contributed by atoms with E-state index in [0.29, 0.717) is 22.6 Å². The Hall–Kier alpha value is -3.55. The minimum atomic E-state index is -4.75. The lowest BCUT2D eigenvalue weighted by atomic mass is 10.2. The summed E-state index contributed by atoms with van der Waals surface area (Å²) >= 11 is 0. The highest BCUT2D eigenvalue weighted by molar-refractivity contribution is 6.11. The van der Waals surface area contributed by atoms with Crippen molar-refractivity contribution in [3.63, 3.8) is 0 Å². The van der Waals surface area contributed by atoms with Gasteiger partial charge in [0.05, 0.1) is 11.3 Å². The predicted octanol–water partition coefficient (Wildman–Crippen LogP) is 5.06. The zero-order valence-electron chi connectivity index (χ0n) is 15.3. The number of aryl methyl sites for hydroxylation is 1. The van der Waals surface area contributed by atoms with Crippen molar-refractivity contribution < 1.29 is 22.7 Å². The fraction of sp³-hybridized carbons (Fsp3) is 0.143. The first kappa shape index (κ1) is 18.8. The van der Waals surface area contributed by atoms with Gasteiger partial charge in [0.1, 0.15) is 5.75 Å². The first-order valence-electron chi connectivity index (χ1n) is 8.79. The molecule has 1 aliphatic rings. The lowest BCUT2D eigenvalue weighted by Crippen LogP contribution is -2.32. The van der Waals surface area contributed by atoms with Gasteiger partial charge in [0, 0.05) is 17.6 Å². The van der Waals surface area contributed by atoms with Crippen LogP contribution in [-0.4, -0.2) is 17.3 Å². The lowest BCUT2D eigenvalue weighted by molar-refractivity contribution is -0.274. The molecule has 3 aromatic rings. The third-order valence-electron chi connectivity index (χ3n) is 4.51. The van der Waals surface area contributed by atoms with E-state index in [4.69, 9.17) is 0 Å². The molecular formula is C21H16F3N3O2. The lowest BCUT2D eigenvalue weighted by Gasteiger charge is -2.26. The van der Waals surface area contributed by atoms with Crippen molar-refractivity contribution in [3.8, 4) is 5.75 Å². The number of benzene rings is 2. The van der Waals surface area contributed by atoms with Crippen LogP contribution in [0.4, 0.5) is 24.5 Å². The highest BCUT2D eigenvalue weighted by Crippen LogP contribution is 2.37. The average Bonchev–Trinajstić information content (AvgIpc) is 2.95. The molecule has 0 unspecified atom stereocenters. The van der Waals surface area contributed by atoms with Crippen LogP contribution >= 0.6 is 0 Å². The van der Waals surface area contributed by atoms with Gasteiger partial charge >= 0.3 is 6.36 Å². The monoisotopic (exact) mass is 399 g/mol. The van der Waals surface area contributed by atoms with E-state index in [9.17, 15) is 18.0 Å². The van der Waals surface area contributed by atoms with E-state index >= 15 is 0 Å². The molecule has 2 aromatic carbocycles. The van der Waals surface area contributed by atoms with E-state index in [0.717, 1.165) is 5.56 Å². The van der Waals surface area contributed by atoms with Crippen LogP contribution in [0.25, 0.3) is 0 Å². The van der Waals surface area contributed by atoms with Crippen LogP contribution in [0, 0.1) is 6.92 Å². The second-order valence-electron chi connectivity index (χ2n) is 6.57. The Morgan fingerprint density at radius 2 is 1.72 bits per heavy atom. The molecule has 1 aromatic heterocycles. The molecule has 2 heterocycles. The summed E-state index contributed by atoms with van der Waals surface area (Å²) in [6.07, 6.45) is -3.76. The molecule has 8 heteroatoms. The summed E-state index contributed by atoms with van der Waals surface area (Å²) in [6, 6.07) is 16.2. The van der Waals surface area contributed by atoms with Gasteiger partial charge < -0.3 is 10.1 Å². The quantitative estimate of drug-likeness (QED) is 0.666. The summed E-state index contributed by atoms with van der Waals surface area (Å²) in [5.41, 5.74) is 3.29. The summed E-state index contributed by atoms with van der Waals surface area (Å²) < 4.78 is 41.0. The molecule has 0 saturated heterocycles. The highest BCUT2D eigenvalue weighted by atomic mass is 19.4. The average molecular weight is 399 g/mol. The Morgan fingerprint density at radius 1 is 1.03 bits per heavy atom. The molecule has 29 heavy (non-hydrogen) atoms. The molecule has 0 bridgehead atoms. The molecule has 5 nitrogen and oxygen atoms in total. The molecule has 0 saturated carbocycles. The molecule has 1 aliphatic heterocycles. The normalized spacial score (nSPS) is 15.9. The number of nitrogens with one attached hydrogen (secondary N) is 1. The first-order valence-corrected chi connectivity index (χ1v) is 8.79. The van der Waals surface area contributed by atoms with Crippen molar-refractivity contribution in [2.45, 2.75) is 19.5 Å². The van der Waals surface area contributed by atoms with Gasteiger partial charge in [0.15, 0.2) is 6.17 Å². The molecule has 0 spiro atoms. The molecule has 0 radical (unpaired) electrons. The van der Waals surface area contributed by atoms with Crippen molar-refractivity contribution in [2.75, 3.05) is 10.2 Å². The Morgan fingerprint density at radius 3 is 2.38 bits per heavy atom. The summed E-state index contributed by atoms with van der Waals surface area (Å²) in [4.78, 5) is 18.9. The number of ether oxygens (including phenoxy) is 1. The topological polar surface area (TPSA) is 54.5 Å². The van der Waals surface area contributed by atoms with Crippen LogP contribution < -0.4 is 15.0 Å². The highest BCUT2D eigenvalue weighted by Gasteiger charge is 2.39. The van der Waals surface area contributed by atoms with Crippen LogP contribution in [0.15, 0.2) is 66.9 Å². The van der Waals surface area contributed by atoms with Gasteiger partial charge in [0.25, 0.3) is 5.91 Å². The Balaban J connectivity index is 1.65. The van der Waals surface area contributed by atoms with E-state index in [-0.39, 0.29) is 11.7 Å². The molecule has 0 aliphatic carbocycles. The van der Waals surface area contributed by atoms with E-state index in [1.807, 2.05) is 31.2 Å². The number of halogens is 3. The van der Waals surface area contributed by atoms with E-state index in [2.05, 4.69) is 15.0 Å². The summed E-state index contributed by atoms with van der Waals surface area (Å²) in [5.74, 6) is -0.522. The smallest absolute Gasteiger partial charge is 0.406 e. The van der Waals surface area contributed by atoms with Crippen molar-refractivity contribution in [1.82, 2.24) is 4.98 Å². The van der Waals surface area contributed by atoms with Crippen molar-refractivity contribution >= 4 is 17.3 Å². The van der Waals surface area contributed by atoms with Gasteiger partial charge in [0.2, 0.25) is 0 Å². The number of alkyl halides is 3. The Bertz CT molecular complexity index is 1030. The second kappa shape index (κ2) is 7.12. The number of pyridine rings is 1. The largest absolute Gasteiger partial charge is 0.573 e. The van der Waals surface area contributed by atoms with Gasteiger partial charge in [-0.1, -0.05) is 17.7 Å². The Kier molecular flexibility index (Phi) is 4.62. The molecule has 0 fully saturated rings. The van der Waals surface area contributed by atoms with Crippen molar-refractivity contribution in [1.29, 1.82) is 0 Å². The molecule has 1 atom stereocenters. The van der Waals surface area contributed by atoms with Crippen molar-refractivity contribution in [3.05, 3.63) is 83.7 Å². The number of carbonyl (C=O) groups is 1. The first-order chi connectivity index (χ1) is 13.8. The molecule has 1 N–H and O–H groups in total. The van der Waals surface area contributed by atoms with E-state index in [1.165, 1.54) is 24.3 Å². The standard InChI is InChI=1S/C21H16F3N3O2/c1-13-4-8-15(9-5-13)27-19(18-17(20(27)28)3-2-12-25-18)26-14-6-10-16(11-7-14)29-21(22,23)24/h2-12,19,26H,1H3/t19-/m0/s1. The number of amides is 1. The maximum Gasteiger partial charge on any atom is 0.573 e. The van der Waals surface area contributed by atoms with Crippen LogP contribution in [0.5, 0.6) is 5.75 Å². The fourth-order valence-electron chi connectivity index (χ4n) is 3.20. The number of anilines is 2. The number of fused-ring (bicyclic) bond motifs is 1. The van der Waals surface area contributed by atoms with Gasteiger partial charge in [-0.25, -0.2) is 0 Å². The third kappa shape index (κ3) is 3.87. The Labute approximate surface area is 164 Å². The maximum absolute atomic E-state index is 13.0. The summed E-state index contributed by atoms with van der Waals surface area (Å²) in [6.45, 7) is 1.95.